The predicted molar refractivity (Wildman–Crippen MR) is 137 cm³/mol. The van der Waals surface area contributed by atoms with Crippen molar-refractivity contribution >= 4 is 6.16 Å². The van der Waals surface area contributed by atoms with E-state index in [1.807, 2.05) is 0 Å². The van der Waals surface area contributed by atoms with Crippen LogP contribution in [-0.4, -0.2) is 18.9 Å². The minimum absolute atomic E-state index is 0.284. The number of ether oxygens (including phenoxy) is 2. The van der Waals surface area contributed by atoms with E-state index in [1.165, 1.54) is 89.7 Å². The number of benzene rings is 1. The van der Waals surface area contributed by atoms with E-state index in [9.17, 15) is 4.79 Å². The molecule has 0 amide bonds. The first-order chi connectivity index (χ1) is 16.1. The molecule has 0 unspecified atom stereocenters. The highest BCUT2D eigenvalue weighted by atomic mass is 16.7. The molecule has 0 bridgehead atoms. The van der Waals surface area contributed by atoms with Crippen molar-refractivity contribution in [3.05, 3.63) is 35.4 Å². The Morgan fingerprint density at radius 2 is 1.48 bits per heavy atom. The Hall–Kier alpha value is -1.51. The summed E-state index contributed by atoms with van der Waals surface area (Å²) in [4.78, 5) is 12.0. The molecule has 3 heteroatoms. The van der Waals surface area contributed by atoms with Crippen LogP contribution in [0.25, 0.3) is 0 Å². The van der Waals surface area contributed by atoms with Crippen LogP contribution in [0.3, 0.4) is 0 Å². The predicted octanol–water partition coefficient (Wildman–Crippen LogP) is 8.99. The average molecular weight is 457 g/mol. The second-order valence-corrected chi connectivity index (χ2v) is 10.8. The Labute approximate surface area is 203 Å². The number of aryl methyl sites for hydroxylation is 1. The molecule has 0 N–H and O–H groups in total. The molecule has 186 valence electrons. The van der Waals surface area contributed by atoms with E-state index in [0.717, 1.165) is 43.4 Å². The lowest BCUT2D eigenvalue weighted by atomic mass is 9.66. The molecule has 1 aromatic carbocycles. The topological polar surface area (TPSA) is 35.5 Å². The van der Waals surface area contributed by atoms with Gasteiger partial charge in [0.15, 0.2) is 0 Å². The summed E-state index contributed by atoms with van der Waals surface area (Å²) in [6, 6.07) is 9.45. The van der Waals surface area contributed by atoms with Crippen LogP contribution in [0.2, 0.25) is 0 Å². The van der Waals surface area contributed by atoms with Crippen molar-refractivity contribution in [2.75, 3.05) is 7.11 Å². The summed E-state index contributed by atoms with van der Waals surface area (Å²) in [5.74, 6) is 2.39. The van der Waals surface area contributed by atoms with Crippen LogP contribution < -0.4 is 0 Å². The normalized spacial score (nSPS) is 27.8. The molecule has 3 rings (SSSR count). The first kappa shape index (κ1) is 26.1. The van der Waals surface area contributed by atoms with Gasteiger partial charge in [-0.1, -0.05) is 70.2 Å². The Kier molecular flexibility index (Phi) is 10.6. The lowest BCUT2D eigenvalue weighted by Crippen LogP contribution is -2.40. The zero-order chi connectivity index (χ0) is 23.5. The third kappa shape index (κ3) is 7.76. The van der Waals surface area contributed by atoms with Crippen LogP contribution in [0.4, 0.5) is 4.79 Å². The molecule has 1 aromatic rings. The summed E-state index contributed by atoms with van der Waals surface area (Å²) in [6.07, 6.45) is 19.0. The van der Waals surface area contributed by atoms with Crippen molar-refractivity contribution < 1.29 is 14.3 Å². The fraction of sp³-hybridized carbons (Fsp3) is 0.767. The molecule has 2 saturated carbocycles. The van der Waals surface area contributed by atoms with Crippen molar-refractivity contribution in [2.24, 2.45) is 11.8 Å². The van der Waals surface area contributed by atoms with E-state index in [1.54, 1.807) is 5.56 Å². The number of carbonyl (C=O) groups excluding carboxylic acids is 1. The van der Waals surface area contributed by atoms with Crippen molar-refractivity contribution in [1.29, 1.82) is 0 Å². The van der Waals surface area contributed by atoms with E-state index < -0.39 is 6.16 Å². The van der Waals surface area contributed by atoms with Gasteiger partial charge in [0.2, 0.25) is 0 Å². The maximum atomic E-state index is 12.0. The number of unbranched alkanes of at least 4 members (excludes halogenated alkanes) is 4. The van der Waals surface area contributed by atoms with Gasteiger partial charge in [-0.15, -0.1) is 0 Å². The first-order valence-corrected chi connectivity index (χ1v) is 13.9. The third-order valence-corrected chi connectivity index (χ3v) is 8.57. The highest BCUT2D eigenvalue weighted by Gasteiger charge is 2.41. The zero-order valence-electron chi connectivity index (χ0n) is 21.6. The molecular formula is C30H48O3. The van der Waals surface area contributed by atoms with E-state index in [4.69, 9.17) is 9.47 Å². The van der Waals surface area contributed by atoms with E-state index in [-0.39, 0.29) is 5.60 Å². The Morgan fingerprint density at radius 1 is 0.848 bits per heavy atom. The number of methoxy groups -OCH3 is 1. The molecule has 2 aliphatic carbocycles. The van der Waals surface area contributed by atoms with Crippen molar-refractivity contribution in [1.82, 2.24) is 0 Å². The molecule has 0 atom stereocenters. The highest BCUT2D eigenvalue weighted by molar-refractivity contribution is 5.60. The third-order valence-electron chi connectivity index (χ3n) is 8.57. The maximum Gasteiger partial charge on any atom is 0.508 e. The molecular weight excluding hydrogens is 408 g/mol. The van der Waals surface area contributed by atoms with E-state index in [0.29, 0.717) is 0 Å². The molecule has 0 aromatic heterocycles. The minimum Gasteiger partial charge on any atom is -0.438 e. The molecule has 0 heterocycles. The van der Waals surface area contributed by atoms with Gasteiger partial charge in [-0.25, -0.2) is 4.79 Å². The smallest absolute Gasteiger partial charge is 0.438 e. The molecule has 2 fully saturated rings. The molecule has 33 heavy (non-hydrogen) atoms. The number of rotatable bonds is 11. The minimum atomic E-state index is -0.493. The number of carbonyl (C=O) groups is 1. The van der Waals surface area contributed by atoms with Crippen molar-refractivity contribution in [3.63, 3.8) is 0 Å². The molecule has 3 nitrogen and oxygen atoms in total. The van der Waals surface area contributed by atoms with Gasteiger partial charge in [-0.2, -0.15) is 0 Å². The van der Waals surface area contributed by atoms with Gasteiger partial charge < -0.3 is 9.47 Å². The first-order valence-electron chi connectivity index (χ1n) is 13.9. The monoisotopic (exact) mass is 456 g/mol. The summed E-state index contributed by atoms with van der Waals surface area (Å²) >= 11 is 0. The molecule has 0 spiro atoms. The van der Waals surface area contributed by atoms with Gasteiger partial charge in [-0.05, 0) is 99.5 Å². The van der Waals surface area contributed by atoms with Crippen LogP contribution in [0, 0.1) is 11.8 Å². The Morgan fingerprint density at radius 3 is 2.09 bits per heavy atom. The highest BCUT2D eigenvalue weighted by Crippen LogP contribution is 2.47. The van der Waals surface area contributed by atoms with Gasteiger partial charge in [0, 0.05) is 0 Å². The summed E-state index contributed by atoms with van der Waals surface area (Å²) in [6.45, 7) is 4.50. The number of hydrogen-bond donors (Lipinski definition) is 0. The van der Waals surface area contributed by atoms with Gasteiger partial charge in [0.1, 0.15) is 5.60 Å². The molecule has 0 aliphatic heterocycles. The largest absolute Gasteiger partial charge is 0.508 e. The van der Waals surface area contributed by atoms with E-state index in [2.05, 4.69) is 38.1 Å². The van der Waals surface area contributed by atoms with Gasteiger partial charge >= 0.3 is 6.16 Å². The molecule has 2 aliphatic rings. The van der Waals surface area contributed by atoms with Crippen LogP contribution >= 0.6 is 0 Å². The summed E-state index contributed by atoms with van der Waals surface area (Å²) in [5.41, 5.74) is 2.73. The van der Waals surface area contributed by atoms with Crippen LogP contribution in [0.1, 0.15) is 127 Å². The fourth-order valence-electron chi connectivity index (χ4n) is 6.48. The summed E-state index contributed by atoms with van der Waals surface area (Å²) < 4.78 is 10.8. The van der Waals surface area contributed by atoms with Crippen LogP contribution in [0.15, 0.2) is 24.3 Å². The van der Waals surface area contributed by atoms with Crippen molar-refractivity contribution in [3.8, 4) is 0 Å². The van der Waals surface area contributed by atoms with Crippen molar-refractivity contribution in [2.45, 2.75) is 128 Å². The Balaban J connectivity index is 1.47. The number of hydrogen-bond acceptors (Lipinski definition) is 3. The quantitative estimate of drug-likeness (QED) is 0.246. The lowest BCUT2D eigenvalue weighted by molar-refractivity contribution is -0.0674. The SMILES string of the molecule is CCCCCCCC1(OC(=O)OC)CCC(C2CCC(c3ccc(CCC)cc3)CC2)CC1. The van der Waals surface area contributed by atoms with E-state index >= 15 is 0 Å². The molecule has 0 radical (unpaired) electrons. The van der Waals surface area contributed by atoms with Crippen LogP contribution in [-0.2, 0) is 15.9 Å². The summed E-state index contributed by atoms with van der Waals surface area (Å²) in [5, 5.41) is 0. The summed E-state index contributed by atoms with van der Waals surface area (Å²) in [7, 11) is 1.43. The average Bonchev–Trinajstić information content (AvgIpc) is 2.85. The zero-order valence-corrected chi connectivity index (χ0v) is 21.6. The van der Waals surface area contributed by atoms with Gasteiger partial charge in [0.25, 0.3) is 0 Å². The second kappa shape index (κ2) is 13.4. The standard InChI is InChI=1S/C30H48O3/c1-4-6-7-8-9-21-30(33-29(31)32-3)22-19-28(20-23-30)27-17-15-26(16-18-27)25-13-11-24(10-5-2)12-14-25/h11-14,26-28H,4-10,15-23H2,1-3H3. The maximum absolute atomic E-state index is 12.0. The Bertz CT molecular complexity index is 679. The molecule has 0 saturated heterocycles. The van der Waals surface area contributed by atoms with Crippen LogP contribution in [0.5, 0.6) is 0 Å². The van der Waals surface area contributed by atoms with Gasteiger partial charge in [-0.3, -0.25) is 0 Å². The van der Waals surface area contributed by atoms with Gasteiger partial charge in [0.05, 0.1) is 7.11 Å². The fourth-order valence-corrected chi connectivity index (χ4v) is 6.48. The lowest BCUT2D eigenvalue weighted by Gasteiger charge is -2.43. The second-order valence-electron chi connectivity index (χ2n) is 10.8.